The van der Waals surface area contributed by atoms with Gasteiger partial charge >= 0.3 is 0 Å². The Morgan fingerprint density at radius 2 is 2.12 bits per heavy atom. The molecule has 0 bridgehead atoms. The third-order valence-corrected chi connectivity index (χ3v) is 3.87. The van der Waals surface area contributed by atoms with Crippen LogP contribution in [0.1, 0.15) is 13.3 Å². The molecule has 0 spiro atoms. The van der Waals surface area contributed by atoms with Crippen molar-refractivity contribution in [3.05, 3.63) is 28.2 Å². The summed E-state index contributed by atoms with van der Waals surface area (Å²) >= 11 is 13.6. The van der Waals surface area contributed by atoms with Gasteiger partial charge in [-0.25, -0.2) is 0 Å². The van der Waals surface area contributed by atoms with Gasteiger partial charge in [0, 0.05) is 12.1 Å². The molecule has 90 valence electrons. The lowest BCUT2D eigenvalue weighted by Gasteiger charge is -2.00. The van der Waals surface area contributed by atoms with Crippen LogP contribution in [-0.4, -0.2) is 16.7 Å². The maximum absolute atomic E-state index is 6.13. The second-order valence-electron chi connectivity index (χ2n) is 3.44. The summed E-state index contributed by atoms with van der Waals surface area (Å²) in [5, 5.41) is 14.0. The van der Waals surface area contributed by atoms with Gasteiger partial charge < -0.3 is 5.32 Å². The molecule has 1 aromatic heterocycles. The van der Waals surface area contributed by atoms with E-state index in [4.69, 9.17) is 23.2 Å². The second-order valence-corrected chi connectivity index (χ2v) is 5.20. The van der Waals surface area contributed by atoms with E-state index in [-0.39, 0.29) is 0 Å². The van der Waals surface area contributed by atoms with Crippen molar-refractivity contribution in [1.82, 2.24) is 10.2 Å². The van der Waals surface area contributed by atoms with Crippen LogP contribution in [0, 0.1) is 0 Å². The molecule has 0 aliphatic rings. The van der Waals surface area contributed by atoms with Gasteiger partial charge in [0.25, 0.3) is 0 Å². The largest absolute Gasteiger partial charge is 0.360 e. The summed E-state index contributed by atoms with van der Waals surface area (Å²) < 4.78 is 0. The molecular formula is C11H11Cl2N3S. The summed E-state index contributed by atoms with van der Waals surface area (Å²) in [5.74, 6) is 0. The van der Waals surface area contributed by atoms with Gasteiger partial charge in [-0.05, 0) is 12.5 Å². The molecule has 1 aromatic carbocycles. The number of benzene rings is 1. The molecule has 0 fully saturated rings. The van der Waals surface area contributed by atoms with Crippen LogP contribution in [0.5, 0.6) is 0 Å². The summed E-state index contributed by atoms with van der Waals surface area (Å²) in [5.41, 5.74) is 0.821. The number of anilines is 1. The lowest BCUT2D eigenvalue weighted by Crippen LogP contribution is -1.98. The Morgan fingerprint density at radius 3 is 2.88 bits per heavy atom. The van der Waals surface area contributed by atoms with Gasteiger partial charge in [0.05, 0.1) is 10.0 Å². The topological polar surface area (TPSA) is 37.8 Å². The standard InChI is InChI=1S/C11H11Cl2N3S/c1-2-6-14-11-16-15-10(17-11)7-4-3-5-8(12)9(7)13/h3-5H,2,6H2,1H3,(H,14,16). The van der Waals surface area contributed by atoms with Crippen LogP contribution < -0.4 is 5.32 Å². The number of rotatable bonds is 4. The minimum Gasteiger partial charge on any atom is -0.360 e. The fourth-order valence-corrected chi connectivity index (χ4v) is 2.55. The van der Waals surface area contributed by atoms with E-state index in [1.165, 1.54) is 11.3 Å². The van der Waals surface area contributed by atoms with Crippen molar-refractivity contribution in [3.63, 3.8) is 0 Å². The minimum absolute atomic E-state index is 0.521. The first-order valence-corrected chi connectivity index (χ1v) is 6.81. The lowest BCUT2D eigenvalue weighted by molar-refractivity contribution is 0.964. The smallest absolute Gasteiger partial charge is 0.206 e. The first-order valence-electron chi connectivity index (χ1n) is 5.24. The van der Waals surface area contributed by atoms with Crippen molar-refractivity contribution < 1.29 is 0 Å². The third kappa shape index (κ3) is 2.89. The highest BCUT2D eigenvalue weighted by molar-refractivity contribution is 7.18. The van der Waals surface area contributed by atoms with Crippen LogP contribution in [0.25, 0.3) is 10.6 Å². The maximum atomic E-state index is 6.13. The Hall–Kier alpha value is -0.840. The van der Waals surface area contributed by atoms with Crippen molar-refractivity contribution in [2.75, 3.05) is 11.9 Å². The van der Waals surface area contributed by atoms with Crippen LogP contribution in [-0.2, 0) is 0 Å². The predicted molar refractivity (Wildman–Crippen MR) is 74.1 cm³/mol. The van der Waals surface area contributed by atoms with Crippen molar-refractivity contribution in [3.8, 4) is 10.6 Å². The Kier molecular flexibility index (Phi) is 4.20. The van der Waals surface area contributed by atoms with Crippen molar-refractivity contribution >= 4 is 39.7 Å². The molecule has 0 radical (unpaired) electrons. The summed E-state index contributed by atoms with van der Waals surface area (Å²) in [7, 11) is 0. The summed E-state index contributed by atoms with van der Waals surface area (Å²) in [6, 6.07) is 5.49. The van der Waals surface area contributed by atoms with E-state index in [0.29, 0.717) is 10.0 Å². The minimum atomic E-state index is 0.521. The molecule has 3 nitrogen and oxygen atoms in total. The normalized spacial score (nSPS) is 10.5. The van der Waals surface area contributed by atoms with E-state index in [9.17, 15) is 0 Å². The monoisotopic (exact) mass is 287 g/mol. The van der Waals surface area contributed by atoms with E-state index >= 15 is 0 Å². The van der Waals surface area contributed by atoms with E-state index < -0.39 is 0 Å². The van der Waals surface area contributed by atoms with Crippen LogP contribution in [0.4, 0.5) is 5.13 Å². The molecule has 0 atom stereocenters. The molecule has 0 unspecified atom stereocenters. The number of nitrogens with zero attached hydrogens (tertiary/aromatic N) is 2. The quantitative estimate of drug-likeness (QED) is 0.909. The highest BCUT2D eigenvalue weighted by Crippen LogP contribution is 2.35. The molecule has 2 aromatic rings. The third-order valence-electron chi connectivity index (χ3n) is 2.13. The fourth-order valence-electron chi connectivity index (χ4n) is 1.30. The first-order chi connectivity index (χ1) is 8.22. The SMILES string of the molecule is CCCNc1nnc(-c2cccc(Cl)c2Cl)s1. The number of nitrogens with one attached hydrogen (secondary N) is 1. The summed E-state index contributed by atoms with van der Waals surface area (Å²) in [6.45, 7) is 2.99. The average Bonchev–Trinajstić information content (AvgIpc) is 2.78. The zero-order valence-corrected chi connectivity index (χ0v) is 11.5. The Balaban J connectivity index is 2.27. The van der Waals surface area contributed by atoms with Crippen LogP contribution in [0.3, 0.4) is 0 Å². The van der Waals surface area contributed by atoms with Gasteiger partial charge in [-0.3, -0.25) is 0 Å². The van der Waals surface area contributed by atoms with E-state index in [1.807, 2.05) is 12.1 Å². The van der Waals surface area contributed by atoms with Crippen molar-refractivity contribution in [2.45, 2.75) is 13.3 Å². The molecule has 17 heavy (non-hydrogen) atoms. The lowest BCUT2D eigenvalue weighted by atomic mass is 10.2. The first kappa shape index (κ1) is 12.6. The van der Waals surface area contributed by atoms with Gasteiger partial charge in [0.2, 0.25) is 5.13 Å². The molecule has 1 heterocycles. The number of aromatic nitrogens is 2. The van der Waals surface area contributed by atoms with Crippen LogP contribution >= 0.6 is 34.5 Å². The van der Waals surface area contributed by atoms with Gasteiger partial charge in [-0.1, -0.05) is 53.6 Å². The Bertz CT molecular complexity index is 513. The molecule has 1 N–H and O–H groups in total. The van der Waals surface area contributed by atoms with Gasteiger partial charge in [-0.15, -0.1) is 10.2 Å². The van der Waals surface area contributed by atoms with Gasteiger partial charge in [0.1, 0.15) is 0 Å². The number of halogens is 2. The molecule has 0 saturated heterocycles. The van der Waals surface area contributed by atoms with Crippen molar-refractivity contribution in [2.24, 2.45) is 0 Å². The zero-order chi connectivity index (χ0) is 12.3. The van der Waals surface area contributed by atoms with Gasteiger partial charge in [0.15, 0.2) is 5.01 Å². The molecular weight excluding hydrogens is 277 g/mol. The Labute approximate surface area is 114 Å². The fraction of sp³-hybridized carbons (Fsp3) is 0.273. The van der Waals surface area contributed by atoms with Crippen molar-refractivity contribution in [1.29, 1.82) is 0 Å². The summed E-state index contributed by atoms with van der Waals surface area (Å²) in [4.78, 5) is 0. The van der Waals surface area contributed by atoms with Crippen LogP contribution in [0.2, 0.25) is 10.0 Å². The van der Waals surface area contributed by atoms with Gasteiger partial charge in [-0.2, -0.15) is 0 Å². The zero-order valence-electron chi connectivity index (χ0n) is 9.20. The molecule has 0 amide bonds. The van der Waals surface area contributed by atoms with E-state index in [2.05, 4.69) is 22.4 Å². The molecule has 6 heteroatoms. The average molecular weight is 288 g/mol. The number of hydrogen-bond acceptors (Lipinski definition) is 4. The molecule has 0 aliphatic heterocycles. The highest BCUT2D eigenvalue weighted by atomic mass is 35.5. The number of hydrogen-bond donors (Lipinski definition) is 1. The Morgan fingerprint density at radius 1 is 1.29 bits per heavy atom. The van der Waals surface area contributed by atoms with E-state index in [0.717, 1.165) is 28.7 Å². The predicted octanol–water partition coefficient (Wildman–Crippen LogP) is 4.33. The highest BCUT2D eigenvalue weighted by Gasteiger charge is 2.11. The molecule has 2 rings (SSSR count). The molecule has 0 saturated carbocycles. The maximum Gasteiger partial charge on any atom is 0.206 e. The summed E-state index contributed by atoms with van der Waals surface area (Å²) in [6.07, 6.45) is 1.05. The van der Waals surface area contributed by atoms with Crippen LogP contribution in [0.15, 0.2) is 18.2 Å². The van der Waals surface area contributed by atoms with E-state index in [1.54, 1.807) is 6.07 Å². The second kappa shape index (κ2) is 5.67. The molecule has 0 aliphatic carbocycles.